The number of hydrogen-bond donors (Lipinski definition) is 2. The van der Waals surface area contributed by atoms with Gasteiger partial charge in [-0.2, -0.15) is 0 Å². The summed E-state index contributed by atoms with van der Waals surface area (Å²) in [7, 11) is 2.94. The molecule has 168 valence electrons. The Balaban J connectivity index is 1.53. The number of anilines is 1. The molecule has 1 aromatic heterocycles. The first-order valence-corrected chi connectivity index (χ1v) is 10.8. The van der Waals surface area contributed by atoms with Crippen molar-refractivity contribution in [1.29, 1.82) is 0 Å². The van der Waals surface area contributed by atoms with Gasteiger partial charge in [-0.1, -0.05) is 29.3 Å². The molecule has 4 aromatic rings. The molecule has 4 rings (SSSR count). The average molecular weight is 502 g/mol. The summed E-state index contributed by atoms with van der Waals surface area (Å²) in [5, 5.41) is 6.68. The summed E-state index contributed by atoms with van der Waals surface area (Å²) in [6.45, 7) is 0. The fourth-order valence-electron chi connectivity index (χ4n) is 3.18. The predicted molar refractivity (Wildman–Crippen MR) is 133 cm³/mol. The van der Waals surface area contributed by atoms with Gasteiger partial charge in [0.25, 0.3) is 5.91 Å². The molecular formula is C23H17Cl2N3O4S. The summed E-state index contributed by atoms with van der Waals surface area (Å²) < 4.78 is 16.4. The Kier molecular flexibility index (Phi) is 6.69. The number of carbonyl (C=O) groups is 1. The van der Waals surface area contributed by atoms with Crippen molar-refractivity contribution in [3.63, 3.8) is 0 Å². The minimum absolute atomic E-state index is 0.0916. The van der Waals surface area contributed by atoms with Gasteiger partial charge in [-0.3, -0.25) is 10.1 Å². The molecule has 0 bridgehead atoms. The molecule has 0 fully saturated rings. The topological polar surface area (TPSA) is 85.6 Å². The van der Waals surface area contributed by atoms with E-state index in [9.17, 15) is 4.79 Å². The van der Waals surface area contributed by atoms with Gasteiger partial charge in [0.1, 0.15) is 22.6 Å². The van der Waals surface area contributed by atoms with Gasteiger partial charge in [0.05, 0.1) is 24.8 Å². The lowest BCUT2D eigenvalue weighted by molar-refractivity contribution is 0.0971. The molecule has 0 atom stereocenters. The van der Waals surface area contributed by atoms with Crippen LogP contribution in [0.3, 0.4) is 0 Å². The molecule has 10 heteroatoms. The van der Waals surface area contributed by atoms with Crippen LogP contribution in [0.15, 0.2) is 59.0 Å². The van der Waals surface area contributed by atoms with Gasteiger partial charge in [-0.25, -0.2) is 4.98 Å². The first-order chi connectivity index (χ1) is 15.9. The largest absolute Gasteiger partial charge is 0.496 e. The second-order valence-electron chi connectivity index (χ2n) is 6.77. The van der Waals surface area contributed by atoms with Crippen LogP contribution in [0.4, 0.5) is 5.69 Å². The maximum absolute atomic E-state index is 12.8. The number of amides is 1. The lowest BCUT2D eigenvalue weighted by atomic mass is 10.1. The summed E-state index contributed by atoms with van der Waals surface area (Å²) in [4.78, 5) is 17.3. The van der Waals surface area contributed by atoms with E-state index in [2.05, 4.69) is 15.6 Å². The normalized spacial score (nSPS) is 10.7. The summed E-state index contributed by atoms with van der Waals surface area (Å²) in [6.07, 6.45) is 0. The van der Waals surface area contributed by atoms with E-state index in [0.717, 1.165) is 0 Å². The van der Waals surface area contributed by atoms with Gasteiger partial charge in [0.2, 0.25) is 5.89 Å². The number of oxazole rings is 1. The molecule has 0 aliphatic rings. The van der Waals surface area contributed by atoms with Crippen molar-refractivity contribution in [3.8, 4) is 23.0 Å². The van der Waals surface area contributed by atoms with Crippen molar-refractivity contribution in [3.05, 3.63) is 70.2 Å². The molecule has 1 amide bonds. The van der Waals surface area contributed by atoms with Gasteiger partial charge < -0.3 is 19.2 Å². The van der Waals surface area contributed by atoms with Crippen molar-refractivity contribution >= 4 is 63.2 Å². The Labute approximate surface area is 204 Å². The Morgan fingerprint density at radius 3 is 2.45 bits per heavy atom. The van der Waals surface area contributed by atoms with E-state index in [0.29, 0.717) is 49.8 Å². The number of nitrogens with zero attached hydrogens (tertiary/aromatic N) is 1. The van der Waals surface area contributed by atoms with Gasteiger partial charge in [-0.05, 0) is 60.7 Å². The Bertz CT molecular complexity index is 1350. The zero-order chi connectivity index (χ0) is 23.5. The molecule has 0 saturated carbocycles. The number of rotatable bonds is 5. The van der Waals surface area contributed by atoms with E-state index in [1.165, 1.54) is 14.2 Å². The van der Waals surface area contributed by atoms with Crippen molar-refractivity contribution in [2.45, 2.75) is 0 Å². The fourth-order valence-corrected chi connectivity index (χ4v) is 3.77. The number of methoxy groups -OCH3 is 2. The number of carbonyl (C=O) groups excluding carboxylic acids is 1. The molecule has 0 unspecified atom stereocenters. The van der Waals surface area contributed by atoms with Gasteiger partial charge in [0.15, 0.2) is 10.7 Å². The minimum atomic E-state index is -0.470. The lowest BCUT2D eigenvalue weighted by Gasteiger charge is -2.14. The molecule has 0 spiro atoms. The van der Waals surface area contributed by atoms with Crippen LogP contribution in [0.2, 0.25) is 10.0 Å². The van der Waals surface area contributed by atoms with E-state index in [4.69, 9.17) is 49.3 Å². The fraction of sp³-hybridized carbons (Fsp3) is 0.0870. The molecule has 33 heavy (non-hydrogen) atoms. The number of ether oxygens (including phenoxy) is 2. The second kappa shape index (κ2) is 9.66. The minimum Gasteiger partial charge on any atom is -0.496 e. The van der Waals surface area contributed by atoms with E-state index in [-0.39, 0.29) is 10.7 Å². The van der Waals surface area contributed by atoms with E-state index < -0.39 is 5.91 Å². The zero-order valence-electron chi connectivity index (χ0n) is 17.4. The van der Waals surface area contributed by atoms with Crippen LogP contribution in [0.1, 0.15) is 10.4 Å². The van der Waals surface area contributed by atoms with Crippen LogP contribution in [0.25, 0.3) is 22.6 Å². The lowest BCUT2D eigenvalue weighted by Crippen LogP contribution is -2.34. The molecular weight excluding hydrogens is 485 g/mol. The maximum atomic E-state index is 12.8. The summed E-state index contributed by atoms with van der Waals surface area (Å²) in [6, 6.07) is 15.3. The highest BCUT2D eigenvalue weighted by Gasteiger charge is 2.19. The number of aromatic nitrogens is 1. The van der Waals surface area contributed by atoms with Gasteiger partial charge >= 0.3 is 0 Å². The van der Waals surface area contributed by atoms with Crippen molar-refractivity contribution < 1.29 is 18.7 Å². The maximum Gasteiger partial charge on any atom is 0.264 e. The standard InChI is InChI=1S/C23H17Cl2N3O4S/c1-30-18-4-3-5-19(31-2)20(18)21(29)28-23(33)26-13-7-9-17-16(11-13)27-22(32-17)14-10-12(24)6-8-15(14)25/h3-11H,1-2H3,(H2,26,28,29,33). The molecule has 3 aromatic carbocycles. The molecule has 0 aliphatic carbocycles. The molecule has 2 N–H and O–H groups in total. The number of thiocarbonyl (C=S) groups is 1. The molecule has 0 radical (unpaired) electrons. The highest BCUT2D eigenvalue weighted by atomic mass is 35.5. The van der Waals surface area contributed by atoms with Crippen LogP contribution in [-0.4, -0.2) is 30.2 Å². The first kappa shape index (κ1) is 22.8. The Morgan fingerprint density at radius 2 is 1.76 bits per heavy atom. The number of nitrogens with one attached hydrogen (secondary N) is 2. The average Bonchev–Trinajstić information content (AvgIpc) is 3.23. The smallest absolute Gasteiger partial charge is 0.264 e. The van der Waals surface area contributed by atoms with Crippen LogP contribution in [-0.2, 0) is 0 Å². The Morgan fingerprint density at radius 1 is 1.03 bits per heavy atom. The molecule has 0 saturated heterocycles. The molecule has 0 aliphatic heterocycles. The van der Waals surface area contributed by atoms with Crippen molar-refractivity contribution in [2.24, 2.45) is 0 Å². The van der Waals surface area contributed by atoms with E-state index >= 15 is 0 Å². The van der Waals surface area contributed by atoms with Crippen molar-refractivity contribution in [1.82, 2.24) is 10.3 Å². The third kappa shape index (κ3) is 4.88. The number of halogens is 2. The predicted octanol–water partition coefficient (Wildman–Crippen LogP) is 5.95. The van der Waals surface area contributed by atoms with Crippen LogP contribution in [0.5, 0.6) is 11.5 Å². The Hall–Kier alpha value is -3.33. The quantitative estimate of drug-likeness (QED) is 0.327. The summed E-state index contributed by atoms with van der Waals surface area (Å²) >= 11 is 17.6. The third-order valence-corrected chi connectivity index (χ3v) is 5.46. The van der Waals surface area contributed by atoms with Gasteiger partial charge in [0, 0.05) is 10.7 Å². The first-order valence-electron chi connectivity index (χ1n) is 9.59. The van der Waals surface area contributed by atoms with Crippen LogP contribution >= 0.6 is 35.4 Å². The molecule has 1 heterocycles. The second-order valence-corrected chi connectivity index (χ2v) is 8.02. The van der Waals surface area contributed by atoms with Crippen LogP contribution < -0.4 is 20.1 Å². The SMILES string of the molecule is COc1cccc(OC)c1C(=O)NC(=S)Nc1ccc2oc(-c3cc(Cl)ccc3Cl)nc2c1. The monoisotopic (exact) mass is 501 g/mol. The molecule has 7 nitrogen and oxygen atoms in total. The van der Waals surface area contributed by atoms with Gasteiger partial charge in [-0.15, -0.1) is 0 Å². The highest BCUT2D eigenvalue weighted by molar-refractivity contribution is 7.80. The zero-order valence-corrected chi connectivity index (χ0v) is 19.8. The number of hydrogen-bond acceptors (Lipinski definition) is 6. The summed E-state index contributed by atoms with van der Waals surface area (Å²) in [5.74, 6) is 0.604. The van der Waals surface area contributed by atoms with E-state index in [1.807, 2.05) is 0 Å². The van der Waals surface area contributed by atoms with Crippen LogP contribution in [0, 0.1) is 0 Å². The third-order valence-electron chi connectivity index (χ3n) is 4.69. The highest BCUT2D eigenvalue weighted by Crippen LogP contribution is 2.33. The van der Waals surface area contributed by atoms with Crippen molar-refractivity contribution in [2.75, 3.05) is 19.5 Å². The van der Waals surface area contributed by atoms with E-state index in [1.54, 1.807) is 54.6 Å². The number of benzene rings is 3. The number of fused-ring (bicyclic) bond motifs is 1. The summed E-state index contributed by atoms with van der Waals surface area (Å²) in [5.41, 5.74) is 2.56.